The summed E-state index contributed by atoms with van der Waals surface area (Å²) in [7, 11) is -3.71. The molecule has 0 N–H and O–H groups in total. The predicted molar refractivity (Wildman–Crippen MR) is 118 cm³/mol. The summed E-state index contributed by atoms with van der Waals surface area (Å²) in [5.74, 6) is -0.511. The number of morpholine rings is 1. The zero-order chi connectivity index (χ0) is 21.7. The van der Waals surface area contributed by atoms with Gasteiger partial charge in [0.2, 0.25) is 10.0 Å². The molecule has 0 aliphatic carbocycles. The van der Waals surface area contributed by atoms with E-state index >= 15 is 0 Å². The topological polar surface area (TPSA) is 76.2 Å². The molecule has 0 atom stereocenters. The van der Waals surface area contributed by atoms with E-state index in [0.717, 1.165) is 43.6 Å². The third-order valence-electron chi connectivity index (χ3n) is 5.71. The second-order valence-electron chi connectivity index (χ2n) is 7.80. The molecule has 0 saturated carbocycles. The second-order valence-corrected chi connectivity index (χ2v) is 9.74. The molecule has 2 aromatic carbocycles. The van der Waals surface area contributed by atoms with Crippen LogP contribution in [0.25, 0.3) is 0 Å². The van der Waals surface area contributed by atoms with Gasteiger partial charge in [-0.2, -0.15) is 4.31 Å². The van der Waals surface area contributed by atoms with Crippen molar-refractivity contribution < 1.29 is 22.7 Å². The van der Waals surface area contributed by atoms with Gasteiger partial charge in [0.15, 0.2) is 0 Å². The lowest BCUT2D eigenvalue weighted by atomic mass is 10.1. The SMILES string of the molecule is O=C(OCc1ccccc1)c1cc(S(=O)(=O)N2CCOCC2)ccc1N1CCCCC1. The first kappa shape index (κ1) is 21.8. The second kappa shape index (κ2) is 9.80. The van der Waals surface area contributed by atoms with Crippen molar-refractivity contribution in [3.05, 3.63) is 59.7 Å². The molecule has 2 heterocycles. The fourth-order valence-corrected chi connectivity index (χ4v) is 5.42. The summed E-state index contributed by atoms with van der Waals surface area (Å²) in [6.45, 7) is 3.19. The summed E-state index contributed by atoms with van der Waals surface area (Å²) in [6.07, 6.45) is 3.26. The molecule has 0 unspecified atom stereocenters. The minimum Gasteiger partial charge on any atom is -0.457 e. The highest BCUT2D eigenvalue weighted by molar-refractivity contribution is 7.89. The van der Waals surface area contributed by atoms with Crippen molar-refractivity contribution in [2.24, 2.45) is 0 Å². The van der Waals surface area contributed by atoms with Gasteiger partial charge in [0.1, 0.15) is 6.61 Å². The van der Waals surface area contributed by atoms with Crippen molar-refractivity contribution in [1.82, 2.24) is 4.31 Å². The Labute approximate surface area is 183 Å². The average Bonchev–Trinajstić information content (AvgIpc) is 2.84. The lowest BCUT2D eigenvalue weighted by Gasteiger charge is -2.31. The number of hydrogen-bond donors (Lipinski definition) is 0. The van der Waals surface area contributed by atoms with Crippen LogP contribution in [0, 0.1) is 0 Å². The molecular formula is C23H28N2O5S. The van der Waals surface area contributed by atoms with Crippen LogP contribution < -0.4 is 4.90 Å². The number of esters is 1. The zero-order valence-electron chi connectivity index (χ0n) is 17.5. The van der Waals surface area contributed by atoms with Crippen molar-refractivity contribution in [1.29, 1.82) is 0 Å². The van der Waals surface area contributed by atoms with E-state index in [1.807, 2.05) is 30.3 Å². The molecule has 2 aliphatic rings. The van der Waals surface area contributed by atoms with Crippen LogP contribution in [-0.2, 0) is 26.1 Å². The summed E-state index contributed by atoms with van der Waals surface area (Å²) in [5.41, 5.74) is 1.92. The molecule has 0 amide bonds. The van der Waals surface area contributed by atoms with Crippen molar-refractivity contribution >= 4 is 21.7 Å². The van der Waals surface area contributed by atoms with E-state index in [1.54, 1.807) is 12.1 Å². The first-order valence-electron chi connectivity index (χ1n) is 10.7. The molecule has 0 aromatic heterocycles. The Bertz CT molecular complexity index is 998. The average molecular weight is 445 g/mol. The van der Waals surface area contributed by atoms with Gasteiger partial charge < -0.3 is 14.4 Å². The Hall–Kier alpha value is -2.42. The van der Waals surface area contributed by atoms with Gasteiger partial charge in [-0.3, -0.25) is 0 Å². The number of nitrogens with zero attached hydrogens (tertiary/aromatic N) is 2. The molecule has 0 bridgehead atoms. The standard InChI is InChI=1S/C23H28N2O5S/c26-23(30-18-19-7-3-1-4-8-19)21-17-20(31(27,28)25-13-15-29-16-14-25)9-10-22(21)24-11-5-2-6-12-24/h1,3-4,7-10,17H,2,5-6,11-16,18H2. The molecule has 8 heteroatoms. The van der Waals surface area contributed by atoms with Gasteiger partial charge in [0.25, 0.3) is 0 Å². The van der Waals surface area contributed by atoms with E-state index in [4.69, 9.17) is 9.47 Å². The monoisotopic (exact) mass is 444 g/mol. The van der Waals surface area contributed by atoms with E-state index in [0.29, 0.717) is 31.9 Å². The number of benzene rings is 2. The number of carbonyl (C=O) groups is 1. The maximum atomic E-state index is 13.1. The summed E-state index contributed by atoms with van der Waals surface area (Å²) in [5, 5.41) is 0. The lowest BCUT2D eigenvalue weighted by Crippen LogP contribution is -2.40. The highest BCUT2D eigenvalue weighted by atomic mass is 32.2. The van der Waals surface area contributed by atoms with Gasteiger partial charge in [0.05, 0.1) is 29.4 Å². The van der Waals surface area contributed by atoms with E-state index in [-0.39, 0.29) is 11.5 Å². The Morgan fingerprint density at radius 3 is 2.35 bits per heavy atom. The fraction of sp³-hybridized carbons (Fsp3) is 0.435. The molecule has 0 radical (unpaired) electrons. The highest BCUT2D eigenvalue weighted by Gasteiger charge is 2.29. The first-order chi connectivity index (χ1) is 15.1. The molecule has 4 rings (SSSR count). The number of carbonyl (C=O) groups excluding carboxylic acids is 1. The molecular weight excluding hydrogens is 416 g/mol. The van der Waals surface area contributed by atoms with Gasteiger partial charge in [-0.05, 0) is 43.0 Å². The van der Waals surface area contributed by atoms with E-state index < -0.39 is 16.0 Å². The van der Waals surface area contributed by atoms with Crippen LogP contribution in [0.15, 0.2) is 53.4 Å². The molecule has 166 valence electrons. The maximum Gasteiger partial charge on any atom is 0.340 e. The minimum atomic E-state index is -3.71. The van der Waals surface area contributed by atoms with Crippen LogP contribution in [0.5, 0.6) is 0 Å². The third-order valence-corrected chi connectivity index (χ3v) is 7.60. The molecule has 7 nitrogen and oxygen atoms in total. The van der Waals surface area contributed by atoms with Gasteiger partial charge in [0, 0.05) is 26.2 Å². The zero-order valence-corrected chi connectivity index (χ0v) is 18.4. The lowest BCUT2D eigenvalue weighted by molar-refractivity contribution is 0.0473. The summed E-state index contributed by atoms with van der Waals surface area (Å²) in [4.78, 5) is 15.3. The van der Waals surface area contributed by atoms with Crippen molar-refractivity contribution in [2.45, 2.75) is 30.8 Å². The third kappa shape index (κ3) is 5.08. The van der Waals surface area contributed by atoms with Gasteiger partial charge >= 0.3 is 5.97 Å². The molecule has 0 spiro atoms. The maximum absolute atomic E-state index is 13.1. The number of sulfonamides is 1. The smallest absolute Gasteiger partial charge is 0.340 e. The number of anilines is 1. The van der Waals surface area contributed by atoms with Crippen molar-refractivity contribution in [2.75, 3.05) is 44.3 Å². The Morgan fingerprint density at radius 2 is 1.65 bits per heavy atom. The molecule has 31 heavy (non-hydrogen) atoms. The van der Waals surface area contributed by atoms with Gasteiger partial charge in [-0.1, -0.05) is 30.3 Å². The number of rotatable bonds is 6. The van der Waals surface area contributed by atoms with Crippen molar-refractivity contribution in [3.63, 3.8) is 0 Å². The van der Waals surface area contributed by atoms with Crippen molar-refractivity contribution in [3.8, 4) is 0 Å². The normalized spacial score (nSPS) is 18.0. The minimum absolute atomic E-state index is 0.113. The van der Waals surface area contributed by atoms with Gasteiger partial charge in [-0.15, -0.1) is 0 Å². The quantitative estimate of drug-likeness (QED) is 0.638. The summed E-state index contributed by atoms with van der Waals surface area (Å²) in [6, 6.07) is 14.3. The summed E-state index contributed by atoms with van der Waals surface area (Å²) < 4.78 is 38.5. The number of ether oxygens (including phenoxy) is 2. The Kier molecular flexibility index (Phi) is 6.89. The number of piperidine rings is 1. The largest absolute Gasteiger partial charge is 0.457 e. The van der Waals surface area contributed by atoms with Crippen LogP contribution in [-0.4, -0.2) is 58.1 Å². The fourth-order valence-electron chi connectivity index (χ4n) is 3.99. The van der Waals surface area contributed by atoms with Crippen LogP contribution in [0.4, 0.5) is 5.69 Å². The Morgan fingerprint density at radius 1 is 0.935 bits per heavy atom. The molecule has 2 aliphatic heterocycles. The van der Waals surface area contributed by atoms with Crippen LogP contribution >= 0.6 is 0 Å². The Balaban J connectivity index is 1.63. The van der Waals surface area contributed by atoms with Gasteiger partial charge in [-0.25, -0.2) is 13.2 Å². The van der Waals surface area contributed by atoms with Crippen LogP contribution in [0.2, 0.25) is 0 Å². The van der Waals surface area contributed by atoms with E-state index in [2.05, 4.69) is 4.90 Å². The van der Waals surface area contributed by atoms with E-state index in [9.17, 15) is 13.2 Å². The molecule has 2 aromatic rings. The molecule has 2 fully saturated rings. The van der Waals surface area contributed by atoms with E-state index in [1.165, 1.54) is 10.4 Å². The first-order valence-corrected chi connectivity index (χ1v) is 12.2. The molecule has 2 saturated heterocycles. The number of hydrogen-bond acceptors (Lipinski definition) is 6. The highest BCUT2D eigenvalue weighted by Crippen LogP contribution is 2.29. The van der Waals surface area contributed by atoms with Crippen LogP contribution in [0.1, 0.15) is 35.2 Å². The predicted octanol–water partition coefficient (Wildman–Crippen LogP) is 3.05. The van der Waals surface area contributed by atoms with Crippen LogP contribution in [0.3, 0.4) is 0 Å². The summed E-state index contributed by atoms with van der Waals surface area (Å²) >= 11 is 0.